The van der Waals surface area contributed by atoms with Crippen LogP contribution in [0.5, 0.6) is 0 Å². The average Bonchev–Trinajstić information content (AvgIpc) is 2.46. The molecular weight excluding hydrogens is 270 g/mol. The van der Waals surface area contributed by atoms with Gasteiger partial charge in [-0.2, -0.15) is 0 Å². The molecule has 1 aromatic rings. The molecule has 1 saturated heterocycles. The largest absolute Gasteiger partial charge is 0.389 e. The second kappa shape index (κ2) is 5.95. The average molecular weight is 294 g/mol. The number of hydrogen-bond acceptors (Lipinski definition) is 2. The molecule has 2 fully saturated rings. The summed E-state index contributed by atoms with van der Waals surface area (Å²) in [5, 5.41) is 10.5. The van der Waals surface area contributed by atoms with Crippen LogP contribution in [0.4, 0.5) is 5.69 Å². The number of anilines is 1. The maximum atomic E-state index is 9.66. The molecule has 0 amide bonds. The maximum absolute atomic E-state index is 9.66. The van der Waals surface area contributed by atoms with Crippen molar-refractivity contribution in [3.05, 3.63) is 28.8 Å². The van der Waals surface area contributed by atoms with Crippen molar-refractivity contribution in [1.29, 1.82) is 0 Å². The summed E-state index contributed by atoms with van der Waals surface area (Å²) in [6, 6.07) is 6.71. The van der Waals surface area contributed by atoms with Gasteiger partial charge in [-0.3, -0.25) is 0 Å². The van der Waals surface area contributed by atoms with E-state index in [1.807, 2.05) is 12.1 Å². The van der Waals surface area contributed by atoms with Crippen LogP contribution < -0.4 is 4.90 Å². The SMILES string of the molecule is C[C@@H](O)c1ccc(N2CCC[C@H]3CCCC[C@H]32)c(Cl)c1. The molecule has 1 aliphatic heterocycles. The first-order chi connectivity index (χ1) is 9.66. The van der Waals surface area contributed by atoms with Crippen molar-refractivity contribution < 1.29 is 5.11 Å². The third-order valence-corrected chi connectivity index (χ3v) is 5.31. The lowest BCUT2D eigenvalue weighted by molar-refractivity contribution is 0.199. The van der Waals surface area contributed by atoms with Crippen LogP contribution in [0.2, 0.25) is 5.02 Å². The van der Waals surface area contributed by atoms with E-state index in [0.717, 1.165) is 28.7 Å². The molecule has 2 aliphatic rings. The highest BCUT2D eigenvalue weighted by molar-refractivity contribution is 6.33. The van der Waals surface area contributed by atoms with Crippen LogP contribution in [0.15, 0.2) is 18.2 Å². The van der Waals surface area contributed by atoms with Gasteiger partial charge in [0.15, 0.2) is 0 Å². The molecule has 0 unspecified atom stereocenters. The predicted octanol–water partition coefficient (Wildman–Crippen LogP) is 4.55. The number of aliphatic hydroxyl groups is 1. The third kappa shape index (κ3) is 2.68. The summed E-state index contributed by atoms with van der Waals surface area (Å²) in [5.74, 6) is 0.852. The van der Waals surface area contributed by atoms with Crippen LogP contribution in [0.25, 0.3) is 0 Å². The van der Waals surface area contributed by atoms with Gasteiger partial charge in [0, 0.05) is 12.6 Å². The van der Waals surface area contributed by atoms with Crippen LogP contribution in [-0.2, 0) is 0 Å². The van der Waals surface area contributed by atoms with E-state index in [-0.39, 0.29) is 0 Å². The minimum absolute atomic E-state index is 0.453. The first-order valence-corrected chi connectivity index (χ1v) is 8.29. The molecular formula is C17H24ClNO. The van der Waals surface area contributed by atoms with Gasteiger partial charge in [0.1, 0.15) is 0 Å². The van der Waals surface area contributed by atoms with E-state index in [0.29, 0.717) is 6.04 Å². The molecule has 0 radical (unpaired) electrons. The summed E-state index contributed by atoms with van der Waals surface area (Å²) in [6.45, 7) is 2.90. The fraction of sp³-hybridized carbons (Fsp3) is 0.647. The zero-order valence-corrected chi connectivity index (χ0v) is 12.9. The van der Waals surface area contributed by atoms with E-state index in [9.17, 15) is 5.11 Å². The molecule has 0 bridgehead atoms. The van der Waals surface area contributed by atoms with E-state index in [2.05, 4.69) is 11.0 Å². The van der Waals surface area contributed by atoms with Crippen LogP contribution in [0, 0.1) is 5.92 Å². The van der Waals surface area contributed by atoms with Crippen molar-refractivity contribution >= 4 is 17.3 Å². The lowest BCUT2D eigenvalue weighted by atomic mass is 9.78. The number of benzene rings is 1. The van der Waals surface area contributed by atoms with E-state index >= 15 is 0 Å². The standard InChI is InChI=1S/C17H24ClNO/c1-12(20)14-8-9-17(15(18)11-14)19-10-4-6-13-5-2-3-7-16(13)19/h8-9,11-13,16,20H,2-7,10H2,1H3/t12-,13-,16-/m1/s1. The number of nitrogens with zero attached hydrogens (tertiary/aromatic N) is 1. The van der Waals surface area contributed by atoms with Crippen LogP contribution in [-0.4, -0.2) is 17.7 Å². The highest BCUT2D eigenvalue weighted by Gasteiger charge is 2.33. The lowest BCUT2D eigenvalue weighted by Gasteiger charge is -2.45. The topological polar surface area (TPSA) is 23.5 Å². The van der Waals surface area contributed by atoms with Gasteiger partial charge in [-0.15, -0.1) is 0 Å². The van der Waals surface area contributed by atoms with Crippen molar-refractivity contribution in [1.82, 2.24) is 0 Å². The van der Waals surface area contributed by atoms with Gasteiger partial charge in [-0.25, -0.2) is 0 Å². The van der Waals surface area contributed by atoms with Crippen LogP contribution in [0.1, 0.15) is 57.1 Å². The number of piperidine rings is 1. The fourth-order valence-corrected chi connectivity index (χ4v) is 4.24. The Morgan fingerprint density at radius 3 is 2.70 bits per heavy atom. The summed E-state index contributed by atoms with van der Waals surface area (Å²) >= 11 is 6.49. The molecule has 1 aliphatic carbocycles. The van der Waals surface area contributed by atoms with Crippen molar-refractivity contribution in [2.24, 2.45) is 5.92 Å². The molecule has 1 N–H and O–H groups in total. The second-order valence-corrected chi connectivity index (χ2v) is 6.74. The third-order valence-electron chi connectivity index (χ3n) is 5.01. The number of fused-ring (bicyclic) bond motifs is 1. The number of halogens is 1. The van der Waals surface area contributed by atoms with Gasteiger partial charge in [-0.05, 0) is 56.2 Å². The summed E-state index contributed by atoms with van der Waals surface area (Å²) < 4.78 is 0. The Bertz CT molecular complexity index is 472. The number of rotatable bonds is 2. The van der Waals surface area contributed by atoms with Gasteiger partial charge in [0.2, 0.25) is 0 Å². The Labute approximate surface area is 126 Å². The van der Waals surface area contributed by atoms with E-state index in [1.165, 1.54) is 38.5 Å². The van der Waals surface area contributed by atoms with Gasteiger partial charge in [-0.1, -0.05) is 30.5 Å². The Morgan fingerprint density at radius 1 is 1.20 bits per heavy atom. The van der Waals surface area contributed by atoms with E-state index in [4.69, 9.17) is 11.6 Å². The first kappa shape index (κ1) is 14.2. The zero-order valence-electron chi connectivity index (χ0n) is 12.2. The summed E-state index contributed by atoms with van der Waals surface area (Å²) in [7, 11) is 0. The monoisotopic (exact) mass is 293 g/mol. The molecule has 1 heterocycles. The minimum Gasteiger partial charge on any atom is -0.389 e. The van der Waals surface area contributed by atoms with Gasteiger partial charge < -0.3 is 10.0 Å². The van der Waals surface area contributed by atoms with Crippen LogP contribution >= 0.6 is 11.6 Å². The number of hydrogen-bond donors (Lipinski definition) is 1. The summed E-state index contributed by atoms with van der Waals surface area (Å²) in [6.07, 6.45) is 7.62. The van der Waals surface area contributed by atoms with E-state index < -0.39 is 6.10 Å². The first-order valence-electron chi connectivity index (χ1n) is 7.91. The molecule has 3 heteroatoms. The maximum Gasteiger partial charge on any atom is 0.0762 e. The predicted molar refractivity (Wildman–Crippen MR) is 84.4 cm³/mol. The molecule has 110 valence electrons. The Morgan fingerprint density at radius 2 is 1.95 bits per heavy atom. The smallest absolute Gasteiger partial charge is 0.0762 e. The van der Waals surface area contributed by atoms with E-state index in [1.54, 1.807) is 6.92 Å². The highest BCUT2D eigenvalue weighted by atomic mass is 35.5. The molecule has 1 aromatic carbocycles. The Hall–Kier alpha value is -0.730. The molecule has 3 rings (SSSR count). The highest BCUT2D eigenvalue weighted by Crippen LogP contribution is 2.40. The molecule has 0 aromatic heterocycles. The summed E-state index contributed by atoms with van der Waals surface area (Å²) in [4.78, 5) is 2.53. The second-order valence-electron chi connectivity index (χ2n) is 6.33. The normalized spacial score (nSPS) is 28.1. The Kier molecular flexibility index (Phi) is 4.23. The van der Waals surface area contributed by atoms with Gasteiger partial charge in [0.05, 0.1) is 16.8 Å². The molecule has 2 nitrogen and oxygen atoms in total. The van der Waals surface area contributed by atoms with Gasteiger partial charge >= 0.3 is 0 Å². The minimum atomic E-state index is -0.453. The lowest BCUT2D eigenvalue weighted by Crippen LogP contribution is -2.47. The molecule has 20 heavy (non-hydrogen) atoms. The van der Waals surface area contributed by atoms with Gasteiger partial charge in [0.25, 0.3) is 0 Å². The van der Waals surface area contributed by atoms with Crippen molar-refractivity contribution in [2.75, 3.05) is 11.4 Å². The quantitative estimate of drug-likeness (QED) is 0.864. The van der Waals surface area contributed by atoms with Crippen LogP contribution in [0.3, 0.4) is 0 Å². The Balaban J connectivity index is 1.87. The van der Waals surface area contributed by atoms with Crippen molar-refractivity contribution in [3.8, 4) is 0 Å². The van der Waals surface area contributed by atoms with Crippen molar-refractivity contribution in [2.45, 2.75) is 57.6 Å². The van der Waals surface area contributed by atoms with Crippen molar-refractivity contribution in [3.63, 3.8) is 0 Å². The number of aliphatic hydroxyl groups excluding tert-OH is 1. The molecule has 3 atom stereocenters. The fourth-order valence-electron chi connectivity index (χ4n) is 3.94. The zero-order chi connectivity index (χ0) is 14.1. The molecule has 0 spiro atoms. The summed E-state index contributed by atoms with van der Waals surface area (Å²) in [5.41, 5.74) is 2.06. The molecule has 1 saturated carbocycles.